The summed E-state index contributed by atoms with van der Waals surface area (Å²) in [6.45, 7) is 5.20. The highest BCUT2D eigenvalue weighted by Crippen LogP contribution is 2.23. The molecule has 1 fully saturated rings. The molecule has 0 spiro atoms. The van der Waals surface area contributed by atoms with Crippen LogP contribution in [-0.4, -0.2) is 38.4 Å². The second-order valence-electron chi connectivity index (χ2n) is 4.58. The summed E-state index contributed by atoms with van der Waals surface area (Å²) >= 11 is 0. The van der Waals surface area contributed by atoms with Gasteiger partial charge in [0.1, 0.15) is 5.82 Å². The minimum atomic E-state index is -3.53. The predicted molar refractivity (Wildman–Crippen MR) is 67.4 cm³/mol. The molecule has 1 saturated heterocycles. The van der Waals surface area contributed by atoms with Crippen molar-refractivity contribution in [3.63, 3.8) is 0 Å². The quantitative estimate of drug-likeness (QED) is 0.877. The maximum atomic E-state index is 13.0. The molecule has 0 saturated carbocycles. The fraction of sp³-hybridized carbons (Fsp3) is 0.500. The van der Waals surface area contributed by atoms with E-state index < -0.39 is 15.8 Å². The normalized spacial score (nSPS) is 22.1. The Morgan fingerprint density at radius 3 is 2.78 bits per heavy atom. The van der Waals surface area contributed by atoms with Crippen LogP contribution < -0.4 is 5.32 Å². The molecule has 4 nitrogen and oxygen atoms in total. The lowest BCUT2D eigenvalue weighted by molar-refractivity contribution is 0.283. The van der Waals surface area contributed by atoms with Crippen LogP contribution in [0.25, 0.3) is 0 Å². The minimum absolute atomic E-state index is 0.0896. The number of nitrogens with one attached hydrogen (secondary N) is 1. The Morgan fingerprint density at radius 2 is 2.17 bits per heavy atom. The summed E-state index contributed by atoms with van der Waals surface area (Å²) < 4.78 is 39.5. The van der Waals surface area contributed by atoms with Gasteiger partial charge >= 0.3 is 0 Å². The van der Waals surface area contributed by atoms with E-state index in [9.17, 15) is 12.8 Å². The molecule has 6 heteroatoms. The fourth-order valence-corrected chi connectivity index (χ4v) is 4.05. The average Bonchev–Trinajstić information content (AvgIpc) is 2.28. The molecule has 100 valence electrons. The molecule has 1 aliphatic heterocycles. The number of hydrogen-bond donors (Lipinski definition) is 1. The van der Waals surface area contributed by atoms with Crippen LogP contribution in [0.1, 0.15) is 12.5 Å². The van der Waals surface area contributed by atoms with Gasteiger partial charge in [-0.2, -0.15) is 4.31 Å². The molecule has 0 aromatic heterocycles. The SMILES string of the molecule is Cc1cc(F)ccc1S(=O)(=O)N1CCNCC1C. The topological polar surface area (TPSA) is 49.4 Å². The second kappa shape index (κ2) is 4.95. The maximum absolute atomic E-state index is 13.0. The van der Waals surface area contributed by atoms with Gasteiger partial charge in [-0.15, -0.1) is 0 Å². The van der Waals surface area contributed by atoms with Gasteiger partial charge in [-0.25, -0.2) is 12.8 Å². The third kappa shape index (κ3) is 2.41. The number of benzene rings is 1. The van der Waals surface area contributed by atoms with E-state index >= 15 is 0 Å². The highest BCUT2D eigenvalue weighted by atomic mass is 32.2. The van der Waals surface area contributed by atoms with Crippen molar-refractivity contribution < 1.29 is 12.8 Å². The number of nitrogens with zero attached hydrogens (tertiary/aromatic N) is 1. The van der Waals surface area contributed by atoms with Gasteiger partial charge in [0.15, 0.2) is 0 Å². The largest absolute Gasteiger partial charge is 0.314 e. The number of halogens is 1. The van der Waals surface area contributed by atoms with Gasteiger partial charge in [0, 0.05) is 25.7 Å². The highest BCUT2D eigenvalue weighted by Gasteiger charge is 2.31. The Bertz CT molecular complexity index is 545. The third-order valence-electron chi connectivity index (χ3n) is 3.16. The monoisotopic (exact) mass is 272 g/mol. The van der Waals surface area contributed by atoms with Crippen LogP contribution in [0.5, 0.6) is 0 Å². The summed E-state index contributed by atoms with van der Waals surface area (Å²) in [5.74, 6) is -0.417. The van der Waals surface area contributed by atoms with Crippen LogP contribution in [0, 0.1) is 12.7 Å². The molecule has 1 atom stereocenters. The summed E-state index contributed by atoms with van der Waals surface area (Å²) in [4.78, 5) is 0.192. The molecule has 1 aromatic carbocycles. The predicted octanol–water partition coefficient (Wildman–Crippen LogP) is 1.12. The van der Waals surface area contributed by atoms with E-state index in [1.54, 1.807) is 6.92 Å². The van der Waals surface area contributed by atoms with Gasteiger partial charge in [-0.3, -0.25) is 0 Å². The second-order valence-corrected chi connectivity index (χ2v) is 6.44. The van der Waals surface area contributed by atoms with Crippen LogP contribution in [0.2, 0.25) is 0 Å². The van der Waals surface area contributed by atoms with Crippen molar-refractivity contribution in [2.45, 2.75) is 24.8 Å². The molecule has 0 radical (unpaired) electrons. The van der Waals surface area contributed by atoms with Gasteiger partial charge in [-0.05, 0) is 37.6 Å². The standard InChI is InChI=1S/C12H17FN2O2S/c1-9-7-11(13)3-4-12(9)18(16,17)15-6-5-14-8-10(15)2/h3-4,7,10,14H,5-6,8H2,1-2H3. The Morgan fingerprint density at radius 1 is 1.44 bits per heavy atom. The van der Waals surface area contributed by atoms with Crippen molar-refractivity contribution in [2.75, 3.05) is 19.6 Å². The van der Waals surface area contributed by atoms with E-state index in [-0.39, 0.29) is 10.9 Å². The molecule has 1 heterocycles. The first-order valence-electron chi connectivity index (χ1n) is 5.91. The van der Waals surface area contributed by atoms with E-state index in [1.807, 2.05) is 6.92 Å². The summed E-state index contributed by atoms with van der Waals surface area (Å²) in [5.41, 5.74) is 0.445. The van der Waals surface area contributed by atoms with Crippen molar-refractivity contribution in [2.24, 2.45) is 0 Å². The van der Waals surface area contributed by atoms with Gasteiger partial charge < -0.3 is 5.32 Å². The first-order chi connectivity index (χ1) is 8.43. The molecule has 18 heavy (non-hydrogen) atoms. The lowest BCUT2D eigenvalue weighted by Crippen LogP contribution is -2.52. The highest BCUT2D eigenvalue weighted by molar-refractivity contribution is 7.89. The van der Waals surface area contributed by atoms with E-state index in [2.05, 4.69) is 5.32 Å². The molecular formula is C12H17FN2O2S. The zero-order valence-corrected chi connectivity index (χ0v) is 11.3. The van der Waals surface area contributed by atoms with Crippen LogP contribution in [-0.2, 0) is 10.0 Å². The zero-order valence-electron chi connectivity index (χ0n) is 10.5. The molecule has 0 aliphatic carbocycles. The van der Waals surface area contributed by atoms with Crippen LogP contribution >= 0.6 is 0 Å². The first-order valence-corrected chi connectivity index (χ1v) is 7.35. The number of sulfonamides is 1. The van der Waals surface area contributed by atoms with Crippen molar-refractivity contribution in [1.29, 1.82) is 0 Å². The Hall–Kier alpha value is -0.980. The first kappa shape index (κ1) is 13.5. The van der Waals surface area contributed by atoms with Crippen LogP contribution in [0.4, 0.5) is 4.39 Å². The van der Waals surface area contributed by atoms with Gasteiger partial charge in [0.05, 0.1) is 4.90 Å². The molecule has 1 unspecified atom stereocenters. The Balaban J connectivity index is 2.41. The van der Waals surface area contributed by atoms with E-state index in [1.165, 1.54) is 22.5 Å². The minimum Gasteiger partial charge on any atom is -0.314 e. The van der Waals surface area contributed by atoms with Crippen LogP contribution in [0.3, 0.4) is 0 Å². The summed E-state index contributed by atoms with van der Waals surface area (Å²) in [7, 11) is -3.53. The molecular weight excluding hydrogens is 255 g/mol. The number of rotatable bonds is 2. The zero-order chi connectivity index (χ0) is 13.3. The van der Waals surface area contributed by atoms with Gasteiger partial charge in [0.2, 0.25) is 10.0 Å². The molecule has 2 rings (SSSR count). The Labute approximate surface area is 107 Å². The maximum Gasteiger partial charge on any atom is 0.243 e. The summed E-state index contributed by atoms with van der Waals surface area (Å²) in [6.07, 6.45) is 0. The van der Waals surface area contributed by atoms with E-state index in [4.69, 9.17) is 0 Å². The summed E-state index contributed by atoms with van der Waals surface area (Å²) in [5, 5.41) is 3.15. The van der Waals surface area contributed by atoms with Crippen molar-refractivity contribution in [3.8, 4) is 0 Å². The van der Waals surface area contributed by atoms with Crippen molar-refractivity contribution in [3.05, 3.63) is 29.6 Å². The smallest absolute Gasteiger partial charge is 0.243 e. The molecule has 1 N–H and O–H groups in total. The van der Waals surface area contributed by atoms with E-state index in [0.717, 1.165) is 0 Å². The Kier molecular flexibility index (Phi) is 3.70. The van der Waals surface area contributed by atoms with Crippen molar-refractivity contribution in [1.82, 2.24) is 9.62 Å². The summed E-state index contributed by atoms with van der Waals surface area (Å²) in [6, 6.07) is 3.69. The third-order valence-corrected chi connectivity index (χ3v) is 5.34. The molecule has 1 aliphatic rings. The lowest BCUT2D eigenvalue weighted by Gasteiger charge is -2.33. The number of aryl methyl sites for hydroxylation is 1. The molecule has 1 aromatic rings. The van der Waals surface area contributed by atoms with E-state index in [0.29, 0.717) is 25.2 Å². The van der Waals surface area contributed by atoms with Crippen molar-refractivity contribution >= 4 is 10.0 Å². The lowest BCUT2D eigenvalue weighted by atomic mass is 10.2. The molecule has 0 bridgehead atoms. The van der Waals surface area contributed by atoms with Gasteiger partial charge in [-0.1, -0.05) is 0 Å². The van der Waals surface area contributed by atoms with Gasteiger partial charge in [0.25, 0.3) is 0 Å². The fourth-order valence-electron chi connectivity index (χ4n) is 2.21. The van der Waals surface area contributed by atoms with Crippen LogP contribution in [0.15, 0.2) is 23.1 Å². The number of hydrogen-bond acceptors (Lipinski definition) is 3. The molecule has 0 amide bonds. The average molecular weight is 272 g/mol. The number of piperazine rings is 1.